The number of carbonyl (C=O) groups excluding carboxylic acids is 4. The zero-order chi connectivity index (χ0) is 31.8. The molecule has 1 unspecified atom stereocenters. The van der Waals surface area contributed by atoms with Crippen molar-refractivity contribution < 1.29 is 33.8 Å². The van der Waals surface area contributed by atoms with Gasteiger partial charge in [-0.15, -0.1) is 0 Å². The van der Waals surface area contributed by atoms with E-state index in [2.05, 4.69) is 6.92 Å². The van der Waals surface area contributed by atoms with Crippen LogP contribution in [0.25, 0.3) is 0 Å². The first-order valence-electron chi connectivity index (χ1n) is 15.8. The Labute approximate surface area is 259 Å². The maximum atomic E-state index is 14.4. The van der Waals surface area contributed by atoms with Gasteiger partial charge in [-0.25, -0.2) is 0 Å². The lowest BCUT2D eigenvalue weighted by atomic mass is 9.77. The molecule has 0 aromatic heterocycles. The topological polar surface area (TPSA) is 117 Å². The molecular weight excluding hydrogens is 562 g/mol. The molecule has 5 rings (SSSR count). The molecular formula is C34H45N3O7. The van der Waals surface area contributed by atoms with Gasteiger partial charge in [0.25, 0.3) is 0 Å². The number of allylic oxidation sites excluding steroid dienone is 1. The van der Waals surface area contributed by atoms with E-state index in [-0.39, 0.29) is 30.9 Å². The van der Waals surface area contributed by atoms with Crippen molar-refractivity contribution in [2.24, 2.45) is 11.8 Å². The van der Waals surface area contributed by atoms with Crippen molar-refractivity contribution in [1.82, 2.24) is 14.7 Å². The molecule has 4 aliphatic heterocycles. The molecule has 3 amide bonds. The summed E-state index contributed by atoms with van der Waals surface area (Å²) < 4.78 is 13.0. The van der Waals surface area contributed by atoms with Gasteiger partial charge < -0.3 is 29.3 Å². The van der Waals surface area contributed by atoms with Gasteiger partial charge >= 0.3 is 5.97 Å². The van der Waals surface area contributed by atoms with E-state index in [0.717, 1.165) is 18.4 Å². The van der Waals surface area contributed by atoms with Gasteiger partial charge in [0.15, 0.2) is 0 Å². The number of ether oxygens (including phenoxy) is 2. The van der Waals surface area contributed by atoms with Gasteiger partial charge in [0.1, 0.15) is 23.7 Å². The highest BCUT2D eigenvalue weighted by atomic mass is 16.6. The Kier molecular flexibility index (Phi) is 9.32. The third-order valence-corrected chi connectivity index (χ3v) is 9.88. The lowest BCUT2D eigenvalue weighted by Gasteiger charge is -2.39. The molecule has 0 bridgehead atoms. The maximum absolute atomic E-state index is 14.4. The fraction of sp³-hybridized carbons (Fsp3) is 0.588. The summed E-state index contributed by atoms with van der Waals surface area (Å²) in [6.07, 6.45) is 7.90. The number of fused-ring (bicyclic) bond motifs is 2. The second-order valence-corrected chi connectivity index (χ2v) is 12.6. The van der Waals surface area contributed by atoms with Crippen LogP contribution in [0.2, 0.25) is 0 Å². The van der Waals surface area contributed by atoms with E-state index in [9.17, 15) is 24.3 Å². The van der Waals surface area contributed by atoms with Crippen LogP contribution in [0, 0.1) is 11.8 Å². The molecule has 44 heavy (non-hydrogen) atoms. The number of nitrogens with zero attached hydrogens (tertiary/aromatic N) is 3. The van der Waals surface area contributed by atoms with Crippen LogP contribution in [0.4, 0.5) is 0 Å². The van der Waals surface area contributed by atoms with Crippen LogP contribution in [0.5, 0.6) is 0 Å². The normalized spacial score (nSPS) is 34.7. The predicted molar refractivity (Wildman–Crippen MR) is 163 cm³/mol. The fourth-order valence-electron chi connectivity index (χ4n) is 7.38. The van der Waals surface area contributed by atoms with E-state index >= 15 is 0 Å². The van der Waals surface area contributed by atoms with E-state index in [1.807, 2.05) is 50.3 Å². The quantitative estimate of drug-likeness (QED) is 0.390. The van der Waals surface area contributed by atoms with Gasteiger partial charge in [0, 0.05) is 26.1 Å². The number of likely N-dealkylation sites (N-methyl/N-ethyl adjacent to an activating group) is 1. The second-order valence-electron chi connectivity index (χ2n) is 12.6. The van der Waals surface area contributed by atoms with Crippen LogP contribution in [-0.2, 0) is 28.7 Å². The molecule has 238 valence electrons. The van der Waals surface area contributed by atoms with Gasteiger partial charge in [0.05, 0.1) is 30.7 Å². The van der Waals surface area contributed by atoms with Crippen LogP contribution in [-0.4, -0.2) is 99.6 Å². The number of amides is 3. The van der Waals surface area contributed by atoms with Gasteiger partial charge in [-0.2, -0.15) is 0 Å². The van der Waals surface area contributed by atoms with Crippen molar-refractivity contribution in [2.75, 3.05) is 20.2 Å². The van der Waals surface area contributed by atoms with Gasteiger partial charge in [0.2, 0.25) is 17.7 Å². The van der Waals surface area contributed by atoms with Crippen LogP contribution in [0.3, 0.4) is 0 Å². The van der Waals surface area contributed by atoms with E-state index in [4.69, 9.17) is 9.47 Å². The number of carbonyl (C=O) groups is 4. The third kappa shape index (κ3) is 5.36. The molecule has 4 heterocycles. The monoisotopic (exact) mass is 607 g/mol. The Hall–Kier alpha value is -3.50. The molecule has 10 nitrogen and oxygen atoms in total. The standard InChI is InChI=1S/C34H45N3O7/c1-6-13-21(2)36-19-12-18-34-28(31(40)37(22(3)20-38)30(34)32(36)41)27-25(44-34)16-10-11-17-26(39)35(5)23(4)29(43-33(27)42)24-14-8-7-9-15-24/h7-10,12,14-16,18,21-23,25,27-30,38H,6,11,13,17,19-20H2,1-5H3/b16-10-/t21?,22-,23+,25+,27-,28-,29-,30+,34-/m1/s1. The number of aliphatic hydroxyl groups is 1. The largest absolute Gasteiger partial charge is 0.455 e. The molecule has 2 saturated heterocycles. The Morgan fingerprint density at radius 3 is 2.45 bits per heavy atom. The summed E-state index contributed by atoms with van der Waals surface area (Å²) >= 11 is 0. The number of rotatable bonds is 6. The number of cyclic esters (lactones) is 1. The van der Waals surface area contributed by atoms with E-state index < -0.39 is 59.6 Å². The minimum Gasteiger partial charge on any atom is -0.455 e. The summed E-state index contributed by atoms with van der Waals surface area (Å²) in [6.45, 7) is 7.60. The molecule has 0 radical (unpaired) electrons. The number of hydrogen-bond acceptors (Lipinski definition) is 7. The molecule has 1 spiro atoms. The van der Waals surface area contributed by atoms with Crippen LogP contribution in [0.15, 0.2) is 54.6 Å². The van der Waals surface area contributed by atoms with Crippen LogP contribution in [0.1, 0.15) is 65.0 Å². The maximum Gasteiger partial charge on any atom is 0.313 e. The van der Waals surface area contributed by atoms with Crippen LogP contribution < -0.4 is 0 Å². The van der Waals surface area contributed by atoms with Crippen molar-refractivity contribution in [3.63, 3.8) is 0 Å². The molecule has 1 aromatic carbocycles. The number of esters is 1. The van der Waals surface area contributed by atoms with Gasteiger partial charge in [-0.3, -0.25) is 19.2 Å². The highest BCUT2D eigenvalue weighted by Gasteiger charge is 2.72. The first-order valence-corrected chi connectivity index (χ1v) is 15.8. The lowest BCUT2D eigenvalue weighted by molar-refractivity contribution is -0.164. The van der Waals surface area contributed by atoms with Crippen molar-refractivity contribution in [2.45, 2.75) is 95.4 Å². The third-order valence-electron chi connectivity index (χ3n) is 9.88. The van der Waals surface area contributed by atoms with Gasteiger partial charge in [-0.1, -0.05) is 68.0 Å². The average Bonchev–Trinajstić information content (AvgIpc) is 3.41. The molecule has 1 aromatic rings. The lowest BCUT2D eigenvalue weighted by Crippen LogP contribution is -2.58. The summed E-state index contributed by atoms with van der Waals surface area (Å²) in [5.41, 5.74) is -0.709. The summed E-state index contributed by atoms with van der Waals surface area (Å²) in [6, 6.07) is 6.97. The molecule has 2 fully saturated rings. The van der Waals surface area contributed by atoms with E-state index in [1.165, 1.54) is 4.90 Å². The Morgan fingerprint density at radius 2 is 1.77 bits per heavy atom. The molecule has 1 N–H and O–H groups in total. The predicted octanol–water partition coefficient (Wildman–Crippen LogP) is 3.02. The number of aliphatic hydroxyl groups excluding tert-OH is 1. The minimum atomic E-state index is -1.43. The average molecular weight is 608 g/mol. The molecule has 4 aliphatic rings. The Balaban J connectivity index is 1.62. The van der Waals surface area contributed by atoms with Gasteiger partial charge in [-0.05, 0) is 39.2 Å². The summed E-state index contributed by atoms with van der Waals surface area (Å²) in [5.74, 6) is -3.48. The van der Waals surface area contributed by atoms with Crippen molar-refractivity contribution in [1.29, 1.82) is 0 Å². The first-order chi connectivity index (χ1) is 21.1. The fourth-order valence-corrected chi connectivity index (χ4v) is 7.38. The molecule has 10 heteroatoms. The van der Waals surface area contributed by atoms with E-state index in [0.29, 0.717) is 13.0 Å². The number of hydrogen-bond donors (Lipinski definition) is 1. The Morgan fingerprint density at radius 1 is 1.05 bits per heavy atom. The zero-order valence-electron chi connectivity index (χ0n) is 26.3. The zero-order valence-corrected chi connectivity index (χ0v) is 26.3. The number of likely N-dealkylation sites (tertiary alicyclic amines) is 1. The van der Waals surface area contributed by atoms with E-state index in [1.54, 1.807) is 42.0 Å². The smallest absolute Gasteiger partial charge is 0.313 e. The SMILES string of the molecule is CCCC(C)N1CC=C[C@@]23O[C@H]4/C=C\CCC(=O)N(C)[C@@H](C)[C@H](c5ccccc5)OC(=O)[C@H]4[C@@H]2C(=O)N([C@H](C)CO)[C@H]3C1=O. The Bertz CT molecular complexity index is 1310. The summed E-state index contributed by atoms with van der Waals surface area (Å²) in [5, 5.41) is 10.2. The molecule has 9 atom stereocenters. The van der Waals surface area contributed by atoms with Crippen molar-refractivity contribution >= 4 is 23.7 Å². The molecule has 0 saturated carbocycles. The summed E-state index contributed by atoms with van der Waals surface area (Å²) in [4.78, 5) is 61.1. The molecule has 0 aliphatic carbocycles. The van der Waals surface area contributed by atoms with Crippen molar-refractivity contribution in [3.05, 3.63) is 60.2 Å². The highest BCUT2D eigenvalue weighted by Crippen LogP contribution is 2.54. The highest BCUT2D eigenvalue weighted by molar-refractivity contribution is 5.99. The number of benzene rings is 1. The first kappa shape index (κ1) is 31.9. The minimum absolute atomic E-state index is 0.0742. The second kappa shape index (κ2) is 12.9. The van der Waals surface area contributed by atoms with Crippen molar-refractivity contribution in [3.8, 4) is 0 Å². The van der Waals surface area contributed by atoms with Crippen LogP contribution >= 0.6 is 0 Å². The summed E-state index contributed by atoms with van der Waals surface area (Å²) in [7, 11) is 1.70.